The SMILES string of the molecule is Cc1nc2ccc(C(=O)NC3CCN(C(=O)c4cc(O)cc(O)c4)CC3)cc2nc1C. The van der Waals surface area contributed by atoms with Crippen molar-refractivity contribution in [3.05, 3.63) is 58.9 Å². The lowest BCUT2D eigenvalue weighted by Gasteiger charge is -2.32. The van der Waals surface area contributed by atoms with Crippen LogP contribution < -0.4 is 5.32 Å². The van der Waals surface area contributed by atoms with Gasteiger partial charge in [-0.25, -0.2) is 9.97 Å². The molecule has 31 heavy (non-hydrogen) atoms. The van der Waals surface area contributed by atoms with Gasteiger partial charge in [-0.15, -0.1) is 0 Å². The molecule has 0 unspecified atom stereocenters. The maximum absolute atomic E-state index is 12.7. The quantitative estimate of drug-likeness (QED) is 0.600. The smallest absolute Gasteiger partial charge is 0.254 e. The van der Waals surface area contributed by atoms with E-state index in [9.17, 15) is 19.8 Å². The number of likely N-dealkylation sites (tertiary alicyclic amines) is 1. The number of phenols is 2. The molecule has 4 rings (SSSR count). The van der Waals surface area contributed by atoms with E-state index < -0.39 is 0 Å². The molecule has 8 nitrogen and oxygen atoms in total. The van der Waals surface area contributed by atoms with Gasteiger partial charge in [0.25, 0.3) is 11.8 Å². The van der Waals surface area contributed by atoms with E-state index in [2.05, 4.69) is 15.3 Å². The Labute approximate surface area is 179 Å². The molecule has 3 N–H and O–H groups in total. The molecule has 2 aromatic carbocycles. The van der Waals surface area contributed by atoms with Crippen molar-refractivity contribution in [2.75, 3.05) is 13.1 Å². The molecule has 2 amide bonds. The summed E-state index contributed by atoms with van der Waals surface area (Å²) in [4.78, 5) is 36.0. The molecule has 8 heteroatoms. The van der Waals surface area contributed by atoms with Crippen molar-refractivity contribution in [2.45, 2.75) is 32.7 Å². The first-order valence-corrected chi connectivity index (χ1v) is 10.2. The second-order valence-electron chi connectivity index (χ2n) is 7.88. The van der Waals surface area contributed by atoms with Crippen molar-refractivity contribution in [1.82, 2.24) is 20.2 Å². The summed E-state index contributed by atoms with van der Waals surface area (Å²) < 4.78 is 0. The highest BCUT2D eigenvalue weighted by molar-refractivity contribution is 5.97. The van der Waals surface area contributed by atoms with E-state index in [4.69, 9.17) is 0 Å². The van der Waals surface area contributed by atoms with E-state index in [1.807, 2.05) is 13.8 Å². The number of nitrogens with one attached hydrogen (secondary N) is 1. The molecular formula is C23H24N4O4. The fourth-order valence-electron chi connectivity index (χ4n) is 3.77. The Bertz CT molecular complexity index is 1150. The molecule has 160 valence electrons. The van der Waals surface area contributed by atoms with E-state index in [1.165, 1.54) is 18.2 Å². The van der Waals surface area contributed by atoms with Crippen molar-refractivity contribution >= 4 is 22.8 Å². The summed E-state index contributed by atoms with van der Waals surface area (Å²) in [5.41, 5.74) is 3.91. The summed E-state index contributed by atoms with van der Waals surface area (Å²) in [5, 5.41) is 22.2. The van der Waals surface area contributed by atoms with Crippen molar-refractivity contribution in [2.24, 2.45) is 0 Å². The van der Waals surface area contributed by atoms with Crippen LogP contribution in [-0.4, -0.2) is 56.0 Å². The number of carbonyl (C=O) groups is 2. The second kappa shape index (κ2) is 8.22. The van der Waals surface area contributed by atoms with E-state index in [1.54, 1.807) is 23.1 Å². The van der Waals surface area contributed by atoms with Gasteiger partial charge in [-0.1, -0.05) is 0 Å². The molecule has 1 aromatic heterocycles. The van der Waals surface area contributed by atoms with Gasteiger partial charge in [-0.2, -0.15) is 0 Å². The van der Waals surface area contributed by atoms with Gasteiger partial charge in [0.1, 0.15) is 11.5 Å². The van der Waals surface area contributed by atoms with Gasteiger partial charge in [0.15, 0.2) is 0 Å². The summed E-state index contributed by atoms with van der Waals surface area (Å²) in [6, 6.07) is 9.10. The number of aromatic hydroxyl groups is 2. The molecule has 0 bridgehead atoms. The molecule has 0 radical (unpaired) electrons. The minimum Gasteiger partial charge on any atom is -0.508 e. The number of phenolic OH excluding ortho intramolecular Hbond substituents is 2. The van der Waals surface area contributed by atoms with Gasteiger partial charge >= 0.3 is 0 Å². The van der Waals surface area contributed by atoms with E-state index in [-0.39, 0.29) is 34.9 Å². The predicted octanol–water partition coefficient (Wildman–Crippen LogP) is 2.69. The fraction of sp³-hybridized carbons (Fsp3) is 0.304. The third-order valence-electron chi connectivity index (χ3n) is 5.60. The van der Waals surface area contributed by atoms with Crippen LogP contribution in [0.25, 0.3) is 11.0 Å². The number of rotatable bonds is 3. The number of nitrogens with zero attached hydrogens (tertiary/aromatic N) is 3. The maximum Gasteiger partial charge on any atom is 0.254 e. The molecule has 1 fully saturated rings. The summed E-state index contributed by atoms with van der Waals surface area (Å²) >= 11 is 0. The molecule has 0 spiro atoms. The van der Waals surface area contributed by atoms with E-state index in [0.717, 1.165) is 16.9 Å². The Hall–Kier alpha value is -3.68. The van der Waals surface area contributed by atoms with Gasteiger partial charge in [0, 0.05) is 36.3 Å². The van der Waals surface area contributed by atoms with Crippen LogP contribution >= 0.6 is 0 Å². The first kappa shape index (κ1) is 20.6. The number of piperidine rings is 1. The topological polar surface area (TPSA) is 116 Å². The first-order valence-electron chi connectivity index (χ1n) is 10.2. The van der Waals surface area contributed by atoms with Crippen LogP contribution in [0.4, 0.5) is 0 Å². The molecular weight excluding hydrogens is 396 g/mol. The molecule has 0 atom stereocenters. The second-order valence-corrected chi connectivity index (χ2v) is 7.88. The molecule has 3 aromatic rings. The third-order valence-corrected chi connectivity index (χ3v) is 5.60. The number of benzene rings is 2. The molecule has 1 aliphatic heterocycles. The lowest BCUT2D eigenvalue weighted by Crippen LogP contribution is -2.46. The largest absolute Gasteiger partial charge is 0.508 e. The standard InChI is InChI=1S/C23H24N4O4/c1-13-14(2)25-21-11-15(3-4-20(21)24-13)22(30)26-17-5-7-27(8-6-17)23(31)16-9-18(28)12-19(29)10-16/h3-4,9-12,17,28-29H,5-8H2,1-2H3,(H,26,30). The summed E-state index contributed by atoms with van der Waals surface area (Å²) in [6.07, 6.45) is 1.24. The lowest BCUT2D eigenvalue weighted by molar-refractivity contribution is 0.0697. The number of aromatic nitrogens is 2. The zero-order valence-corrected chi connectivity index (χ0v) is 17.4. The third kappa shape index (κ3) is 4.42. The van der Waals surface area contributed by atoms with Crippen LogP contribution in [0.15, 0.2) is 36.4 Å². The summed E-state index contributed by atoms with van der Waals surface area (Å²) in [5.74, 6) is -0.744. The Morgan fingerprint density at radius 2 is 1.52 bits per heavy atom. The lowest BCUT2D eigenvalue weighted by atomic mass is 10.0. The van der Waals surface area contributed by atoms with Crippen molar-refractivity contribution in [3.63, 3.8) is 0 Å². The Morgan fingerprint density at radius 3 is 2.16 bits per heavy atom. The Balaban J connectivity index is 1.38. The minimum atomic E-state index is -0.255. The summed E-state index contributed by atoms with van der Waals surface area (Å²) in [7, 11) is 0. The van der Waals surface area contributed by atoms with Crippen molar-refractivity contribution < 1.29 is 19.8 Å². The van der Waals surface area contributed by atoms with Crippen LogP contribution in [0.2, 0.25) is 0 Å². The van der Waals surface area contributed by atoms with Crippen LogP contribution in [0, 0.1) is 13.8 Å². The van der Waals surface area contributed by atoms with Crippen molar-refractivity contribution in [1.29, 1.82) is 0 Å². The van der Waals surface area contributed by atoms with Crippen LogP contribution in [0.1, 0.15) is 44.9 Å². The predicted molar refractivity (Wildman–Crippen MR) is 115 cm³/mol. The molecule has 1 aliphatic rings. The number of aryl methyl sites for hydroxylation is 2. The Morgan fingerprint density at radius 1 is 0.903 bits per heavy atom. The maximum atomic E-state index is 12.7. The highest BCUT2D eigenvalue weighted by Gasteiger charge is 2.25. The normalized spacial score (nSPS) is 14.6. The highest BCUT2D eigenvalue weighted by Crippen LogP contribution is 2.23. The fourth-order valence-corrected chi connectivity index (χ4v) is 3.77. The monoisotopic (exact) mass is 420 g/mol. The van der Waals surface area contributed by atoms with Crippen LogP contribution in [-0.2, 0) is 0 Å². The minimum absolute atomic E-state index is 0.0457. The van der Waals surface area contributed by atoms with Gasteiger partial charge < -0.3 is 20.4 Å². The van der Waals surface area contributed by atoms with Gasteiger partial charge in [0.05, 0.1) is 22.4 Å². The van der Waals surface area contributed by atoms with Gasteiger partial charge in [-0.05, 0) is 57.0 Å². The molecule has 0 saturated carbocycles. The zero-order valence-electron chi connectivity index (χ0n) is 17.4. The van der Waals surface area contributed by atoms with E-state index >= 15 is 0 Å². The zero-order chi connectivity index (χ0) is 22.1. The van der Waals surface area contributed by atoms with Gasteiger partial charge in [0.2, 0.25) is 0 Å². The number of amides is 2. The Kier molecular flexibility index (Phi) is 5.46. The first-order chi connectivity index (χ1) is 14.8. The highest BCUT2D eigenvalue weighted by atomic mass is 16.3. The average Bonchev–Trinajstić information content (AvgIpc) is 2.73. The number of hydrogen-bond donors (Lipinski definition) is 3. The number of carbonyl (C=O) groups excluding carboxylic acids is 2. The average molecular weight is 420 g/mol. The number of fused-ring (bicyclic) bond motifs is 1. The van der Waals surface area contributed by atoms with Crippen LogP contribution in [0.5, 0.6) is 11.5 Å². The van der Waals surface area contributed by atoms with Gasteiger partial charge in [-0.3, -0.25) is 9.59 Å². The summed E-state index contributed by atoms with van der Waals surface area (Å²) in [6.45, 7) is 4.74. The van der Waals surface area contributed by atoms with Crippen LogP contribution in [0.3, 0.4) is 0 Å². The van der Waals surface area contributed by atoms with Crippen molar-refractivity contribution in [3.8, 4) is 11.5 Å². The molecule has 2 heterocycles. The number of hydrogen-bond acceptors (Lipinski definition) is 6. The molecule has 1 saturated heterocycles. The van der Waals surface area contributed by atoms with E-state index in [0.29, 0.717) is 37.0 Å². The molecule has 0 aliphatic carbocycles.